The van der Waals surface area contributed by atoms with Gasteiger partial charge in [-0.05, 0) is 20.8 Å². The number of aliphatic hydroxyl groups is 1. The maximum atomic E-state index is 11.5. The standard InChI is InChI=1S/C9H18N2O2.CH4O/c1-9(2,3)13-8(12)11-6-4-10-5-7-11;1-2/h10H,4-7H2,1-3H3;2H,1H3. The van der Waals surface area contributed by atoms with E-state index in [9.17, 15) is 4.79 Å². The lowest BCUT2D eigenvalue weighted by Gasteiger charge is -2.30. The van der Waals surface area contributed by atoms with Crippen LogP contribution in [0.3, 0.4) is 0 Å². The summed E-state index contributed by atoms with van der Waals surface area (Å²) in [6.45, 7) is 8.86. The van der Waals surface area contributed by atoms with Crippen molar-refractivity contribution >= 4 is 6.09 Å². The summed E-state index contributed by atoms with van der Waals surface area (Å²) in [6.07, 6.45) is -0.200. The lowest BCUT2D eigenvalue weighted by molar-refractivity contribution is 0.0229. The van der Waals surface area contributed by atoms with E-state index in [1.54, 1.807) is 4.90 Å². The van der Waals surface area contributed by atoms with E-state index in [0.717, 1.165) is 33.3 Å². The molecule has 1 heterocycles. The van der Waals surface area contributed by atoms with E-state index < -0.39 is 0 Å². The highest BCUT2D eigenvalue weighted by molar-refractivity contribution is 5.68. The van der Waals surface area contributed by atoms with Crippen LogP contribution in [0.2, 0.25) is 0 Å². The van der Waals surface area contributed by atoms with Crippen molar-refractivity contribution in [1.29, 1.82) is 0 Å². The quantitative estimate of drug-likeness (QED) is 0.619. The molecule has 5 heteroatoms. The van der Waals surface area contributed by atoms with Crippen molar-refractivity contribution in [1.82, 2.24) is 10.2 Å². The van der Waals surface area contributed by atoms with Gasteiger partial charge in [0, 0.05) is 33.3 Å². The van der Waals surface area contributed by atoms with Crippen LogP contribution in [0.4, 0.5) is 4.79 Å². The zero-order valence-corrected chi connectivity index (χ0v) is 10.0. The number of carbonyl (C=O) groups is 1. The Morgan fingerprint density at radius 1 is 1.27 bits per heavy atom. The van der Waals surface area contributed by atoms with E-state index in [1.807, 2.05) is 20.8 Å². The molecule has 0 aromatic heterocycles. The molecule has 0 atom stereocenters. The number of hydrogen-bond acceptors (Lipinski definition) is 4. The molecule has 2 N–H and O–H groups in total. The first-order chi connectivity index (χ1) is 6.99. The molecular formula is C10H22N2O3. The van der Waals surface area contributed by atoms with Crippen molar-refractivity contribution in [3.8, 4) is 0 Å². The first-order valence-electron chi connectivity index (χ1n) is 5.12. The Morgan fingerprint density at radius 2 is 1.73 bits per heavy atom. The number of amides is 1. The van der Waals surface area contributed by atoms with Gasteiger partial charge in [-0.15, -0.1) is 0 Å². The van der Waals surface area contributed by atoms with Crippen molar-refractivity contribution in [3.63, 3.8) is 0 Å². The van der Waals surface area contributed by atoms with Gasteiger partial charge in [-0.3, -0.25) is 0 Å². The first-order valence-corrected chi connectivity index (χ1v) is 5.12. The van der Waals surface area contributed by atoms with Crippen molar-refractivity contribution in [2.75, 3.05) is 33.3 Å². The van der Waals surface area contributed by atoms with Gasteiger partial charge < -0.3 is 20.1 Å². The second kappa shape index (κ2) is 6.63. The minimum atomic E-state index is -0.387. The van der Waals surface area contributed by atoms with E-state index >= 15 is 0 Å². The van der Waals surface area contributed by atoms with Gasteiger partial charge in [0.05, 0.1) is 0 Å². The van der Waals surface area contributed by atoms with E-state index in [0.29, 0.717) is 0 Å². The number of nitrogens with one attached hydrogen (secondary N) is 1. The Labute approximate surface area is 91.4 Å². The molecule has 5 nitrogen and oxygen atoms in total. The molecule has 1 saturated heterocycles. The molecule has 0 spiro atoms. The normalized spacial score (nSPS) is 16.5. The number of nitrogens with zero attached hydrogens (tertiary/aromatic N) is 1. The minimum absolute atomic E-state index is 0.200. The van der Waals surface area contributed by atoms with Gasteiger partial charge in [-0.1, -0.05) is 0 Å². The fourth-order valence-electron chi connectivity index (χ4n) is 1.17. The number of carbonyl (C=O) groups excluding carboxylic acids is 1. The number of aliphatic hydroxyl groups excluding tert-OH is 1. The molecule has 0 aromatic rings. The zero-order valence-electron chi connectivity index (χ0n) is 10.0. The minimum Gasteiger partial charge on any atom is -0.444 e. The molecule has 0 unspecified atom stereocenters. The van der Waals surface area contributed by atoms with Crippen molar-refractivity contribution in [2.24, 2.45) is 0 Å². The van der Waals surface area contributed by atoms with Crippen LogP contribution in [0, 0.1) is 0 Å². The molecule has 15 heavy (non-hydrogen) atoms. The van der Waals surface area contributed by atoms with Crippen LogP contribution in [-0.4, -0.2) is 55.0 Å². The highest BCUT2D eigenvalue weighted by Gasteiger charge is 2.22. The maximum absolute atomic E-state index is 11.5. The summed E-state index contributed by atoms with van der Waals surface area (Å²) in [5.41, 5.74) is -0.387. The second-order valence-electron chi connectivity index (χ2n) is 4.22. The number of hydrogen-bond donors (Lipinski definition) is 2. The Kier molecular flexibility index (Phi) is 6.27. The molecule has 0 aromatic carbocycles. The Bertz CT molecular complexity index is 184. The summed E-state index contributed by atoms with van der Waals surface area (Å²) in [7, 11) is 1.00. The van der Waals surface area contributed by atoms with E-state index in [4.69, 9.17) is 9.84 Å². The average Bonchev–Trinajstić information content (AvgIpc) is 2.20. The zero-order chi connectivity index (χ0) is 11.9. The lowest BCUT2D eigenvalue weighted by Crippen LogP contribution is -2.48. The van der Waals surface area contributed by atoms with Gasteiger partial charge in [0.25, 0.3) is 0 Å². The molecule has 0 aliphatic carbocycles. The molecule has 1 rings (SSSR count). The molecule has 1 aliphatic rings. The third-order valence-electron chi connectivity index (χ3n) is 1.77. The third-order valence-corrected chi connectivity index (χ3v) is 1.77. The molecule has 1 aliphatic heterocycles. The van der Waals surface area contributed by atoms with Crippen LogP contribution in [0.25, 0.3) is 0 Å². The largest absolute Gasteiger partial charge is 0.444 e. The fraction of sp³-hybridized carbons (Fsp3) is 0.900. The highest BCUT2D eigenvalue weighted by Crippen LogP contribution is 2.09. The number of piperazine rings is 1. The summed E-state index contributed by atoms with van der Waals surface area (Å²) in [5.74, 6) is 0. The highest BCUT2D eigenvalue weighted by atomic mass is 16.6. The summed E-state index contributed by atoms with van der Waals surface area (Å²) < 4.78 is 5.24. The molecule has 90 valence electrons. The van der Waals surface area contributed by atoms with E-state index in [1.165, 1.54) is 0 Å². The molecular weight excluding hydrogens is 196 g/mol. The van der Waals surface area contributed by atoms with Crippen LogP contribution >= 0.6 is 0 Å². The number of rotatable bonds is 0. The predicted octanol–water partition coefficient (Wildman–Crippen LogP) is 0.435. The second-order valence-corrected chi connectivity index (χ2v) is 4.22. The van der Waals surface area contributed by atoms with E-state index in [-0.39, 0.29) is 11.7 Å². The van der Waals surface area contributed by atoms with Crippen molar-refractivity contribution < 1.29 is 14.6 Å². The van der Waals surface area contributed by atoms with Crippen molar-refractivity contribution in [3.05, 3.63) is 0 Å². The molecule has 0 saturated carbocycles. The van der Waals surface area contributed by atoms with Crippen LogP contribution in [0.1, 0.15) is 20.8 Å². The monoisotopic (exact) mass is 218 g/mol. The topological polar surface area (TPSA) is 61.8 Å². The SMILES string of the molecule is CC(C)(C)OC(=O)N1CCNCC1.CO. The average molecular weight is 218 g/mol. The summed E-state index contributed by atoms with van der Waals surface area (Å²) in [6, 6.07) is 0. The molecule has 1 amide bonds. The Morgan fingerprint density at radius 3 is 2.13 bits per heavy atom. The van der Waals surface area contributed by atoms with Crippen LogP contribution in [0.5, 0.6) is 0 Å². The number of ether oxygens (including phenoxy) is 1. The first kappa shape index (κ1) is 14.2. The van der Waals surface area contributed by atoms with E-state index in [2.05, 4.69) is 5.32 Å². The molecule has 0 bridgehead atoms. The van der Waals surface area contributed by atoms with Crippen molar-refractivity contribution in [2.45, 2.75) is 26.4 Å². The van der Waals surface area contributed by atoms with Gasteiger partial charge in [0.15, 0.2) is 0 Å². The van der Waals surface area contributed by atoms with Crippen LogP contribution < -0.4 is 5.32 Å². The maximum Gasteiger partial charge on any atom is 0.410 e. The fourth-order valence-corrected chi connectivity index (χ4v) is 1.17. The van der Waals surface area contributed by atoms with Gasteiger partial charge in [0.1, 0.15) is 5.60 Å². The van der Waals surface area contributed by atoms with Gasteiger partial charge in [-0.2, -0.15) is 0 Å². The van der Waals surface area contributed by atoms with Gasteiger partial charge in [-0.25, -0.2) is 4.79 Å². The van der Waals surface area contributed by atoms with Crippen LogP contribution in [0.15, 0.2) is 0 Å². The lowest BCUT2D eigenvalue weighted by atomic mass is 10.2. The summed E-state index contributed by atoms with van der Waals surface area (Å²) in [4.78, 5) is 13.2. The van der Waals surface area contributed by atoms with Gasteiger partial charge >= 0.3 is 6.09 Å². The molecule has 1 fully saturated rings. The smallest absolute Gasteiger partial charge is 0.410 e. The van der Waals surface area contributed by atoms with Crippen LogP contribution in [-0.2, 0) is 4.74 Å². The molecule has 0 radical (unpaired) electrons. The summed E-state index contributed by atoms with van der Waals surface area (Å²) >= 11 is 0. The third kappa shape index (κ3) is 6.30. The Hall–Kier alpha value is -0.810. The summed E-state index contributed by atoms with van der Waals surface area (Å²) in [5, 5.41) is 10.2. The Balaban J connectivity index is 0.000000921. The van der Waals surface area contributed by atoms with Gasteiger partial charge in [0.2, 0.25) is 0 Å². The predicted molar refractivity (Wildman–Crippen MR) is 58.8 cm³/mol.